The maximum Gasteiger partial charge on any atom is 0.203 e. The summed E-state index contributed by atoms with van der Waals surface area (Å²) < 4.78 is 28.7. The molecule has 0 amide bonds. The molecule has 1 saturated heterocycles. The Morgan fingerprint density at radius 1 is 1.11 bits per heavy atom. The smallest absolute Gasteiger partial charge is 0.203 e. The maximum absolute atomic E-state index is 12.5. The van der Waals surface area contributed by atoms with Gasteiger partial charge in [-0.15, -0.1) is 0 Å². The van der Waals surface area contributed by atoms with Gasteiger partial charge in [0.05, 0.1) is 25.0 Å². The van der Waals surface area contributed by atoms with E-state index < -0.39 is 17.1 Å². The second-order valence-electron chi connectivity index (χ2n) is 4.32. The van der Waals surface area contributed by atoms with E-state index in [2.05, 4.69) is 0 Å². The van der Waals surface area contributed by atoms with Crippen LogP contribution in [0.5, 0.6) is 0 Å². The molecule has 1 fully saturated rings. The average molecular weight is 278 g/mol. The highest BCUT2D eigenvalue weighted by Gasteiger charge is 2.26. The summed E-state index contributed by atoms with van der Waals surface area (Å²) in [5.41, 5.74) is 1.83. The van der Waals surface area contributed by atoms with Crippen LogP contribution in [0.1, 0.15) is 17.4 Å². The molecule has 0 unspecified atom stereocenters. The summed E-state index contributed by atoms with van der Waals surface area (Å²) in [5, 5.41) is 0.399. The van der Waals surface area contributed by atoms with Crippen LogP contribution in [0, 0.1) is 6.92 Å². The van der Waals surface area contributed by atoms with Gasteiger partial charge in [0, 0.05) is 4.90 Å². The van der Waals surface area contributed by atoms with Crippen molar-refractivity contribution < 1.29 is 18.1 Å². The highest BCUT2D eigenvalue weighted by molar-refractivity contribution is 7.85. The third-order valence-electron chi connectivity index (χ3n) is 2.94. The molecule has 0 radical (unpaired) electrons. The van der Waals surface area contributed by atoms with E-state index >= 15 is 0 Å². The average Bonchev–Trinajstić information content (AvgIpc) is 3.09. The van der Waals surface area contributed by atoms with E-state index in [4.69, 9.17) is 13.9 Å². The summed E-state index contributed by atoms with van der Waals surface area (Å²) in [6, 6.07) is 9.29. The first kappa shape index (κ1) is 12.6. The topological polar surface area (TPSA) is 48.7 Å². The van der Waals surface area contributed by atoms with Gasteiger partial charge in [0.2, 0.25) is 5.09 Å². The van der Waals surface area contributed by atoms with Gasteiger partial charge in [-0.2, -0.15) is 0 Å². The molecule has 2 heterocycles. The van der Waals surface area contributed by atoms with Gasteiger partial charge >= 0.3 is 0 Å². The number of aryl methyl sites for hydroxylation is 1. The second-order valence-corrected chi connectivity index (χ2v) is 5.70. The first-order valence-corrected chi connectivity index (χ1v) is 7.20. The van der Waals surface area contributed by atoms with Crippen LogP contribution in [0.3, 0.4) is 0 Å². The first-order chi connectivity index (χ1) is 9.25. The minimum atomic E-state index is -1.36. The van der Waals surface area contributed by atoms with Crippen LogP contribution < -0.4 is 0 Å². The molecule has 0 saturated carbocycles. The van der Waals surface area contributed by atoms with E-state index in [-0.39, 0.29) is 0 Å². The summed E-state index contributed by atoms with van der Waals surface area (Å²) in [6.45, 7) is 3.09. The lowest BCUT2D eigenvalue weighted by molar-refractivity contribution is -0.0471. The Bertz CT molecular complexity index is 582. The van der Waals surface area contributed by atoms with Crippen molar-refractivity contribution in [2.75, 3.05) is 13.2 Å². The monoisotopic (exact) mass is 278 g/mol. The van der Waals surface area contributed by atoms with E-state index in [9.17, 15) is 4.21 Å². The zero-order chi connectivity index (χ0) is 13.2. The molecule has 5 heteroatoms. The molecule has 2 aromatic rings. The molecule has 0 spiro atoms. The number of benzene rings is 1. The molecule has 19 heavy (non-hydrogen) atoms. The molecule has 0 N–H and O–H groups in total. The molecule has 3 rings (SSSR count). The van der Waals surface area contributed by atoms with Crippen molar-refractivity contribution >= 4 is 10.8 Å². The van der Waals surface area contributed by atoms with Crippen molar-refractivity contribution in [1.29, 1.82) is 0 Å². The van der Waals surface area contributed by atoms with Crippen LogP contribution in [-0.4, -0.2) is 17.4 Å². The Balaban J connectivity index is 1.91. The minimum absolute atomic E-state index is 0.399. The van der Waals surface area contributed by atoms with Gasteiger partial charge in [0.25, 0.3) is 0 Å². The lowest BCUT2D eigenvalue weighted by atomic mass is 10.2. The van der Waals surface area contributed by atoms with Gasteiger partial charge in [0.15, 0.2) is 6.29 Å². The molecule has 1 aliphatic heterocycles. The largest absolute Gasteiger partial charge is 0.455 e. The fourth-order valence-corrected chi connectivity index (χ4v) is 3.06. The quantitative estimate of drug-likeness (QED) is 0.866. The summed E-state index contributed by atoms with van der Waals surface area (Å²) in [6.07, 6.45) is 1.05. The molecule has 1 atom stereocenters. The first-order valence-electron chi connectivity index (χ1n) is 6.05. The van der Waals surface area contributed by atoms with Crippen LogP contribution in [-0.2, 0) is 20.3 Å². The van der Waals surface area contributed by atoms with E-state index in [1.807, 2.05) is 31.2 Å². The third kappa shape index (κ3) is 2.49. The second kappa shape index (κ2) is 5.28. The summed E-state index contributed by atoms with van der Waals surface area (Å²) >= 11 is 0. The Labute approximate surface area is 113 Å². The van der Waals surface area contributed by atoms with E-state index in [1.54, 1.807) is 6.07 Å². The molecule has 1 aromatic heterocycles. The summed E-state index contributed by atoms with van der Waals surface area (Å²) in [5.74, 6) is 0. The number of hydrogen-bond donors (Lipinski definition) is 0. The number of ether oxygens (including phenoxy) is 2. The zero-order valence-electron chi connectivity index (χ0n) is 10.5. The van der Waals surface area contributed by atoms with Gasteiger partial charge in [-0.1, -0.05) is 17.7 Å². The molecule has 100 valence electrons. The van der Waals surface area contributed by atoms with Crippen LogP contribution in [0.25, 0.3) is 0 Å². The third-order valence-corrected chi connectivity index (χ3v) is 4.31. The van der Waals surface area contributed by atoms with Gasteiger partial charge in [-0.25, -0.2) is 4.21 Å². The van der Waals surface area contributed by atoms with Crippen molar-refractivity contribution in [3.05, 3.63) is 47.7 Å². The van der Waals surface area contributed by atoms with E-state index in [1.165, 1.54) is 6.26 Å². The maximum atomic E-state index is 12.5. The fraction of sp³-hybridized carbons (Fsp3) is 0.286. The lowest BCUT2D eigenvalue weighted by Crippen LogP contribution is -2.02. The SMILES string of the molecule is Cc1ccc([S@](=O)c2occc2C2OCCO2)cc1. The van der Waals surface area contributed by atoms with Gasteiger partial charge in [0.1, 0.15) is 10.8 Å². The zero-order valence-corrected chi connectivity index (χ0v) is 11.3. The van der Waals surface area contributed by atoms with E-state index in [0.29, 0.717) is 28.8 Å². The van der Waals surface area contributed by atoms with Crippen molar-refractivity contribution in [3.63, 3.8) is 0 Å². The molecule has 4 nitrogen and oxygen atoms in total. The van der Waals surface area contributed by atoms with Crippen molar-refractivity contribution in [2.45, 2.75) is 23.2 Å². The standard InChI is InChI=1S/C14H14O4S/c1-10-2-4-11(5-3-10)19(15)14-12(6-7-18-14)13-16-8-9-17-13/h2-7,13H,8-9H2,1H3/t19-/m0/s1. The highest BCUT2D eigenvalue weighted by Crippen LogP contribution is 2.31. The van der Waals surface area contributed by atoms with Crippen LogP contribution >= 0.6 is 0 Å². The number of rotatable bonds is 3. The minimum Gasteiger partial charge on any atom is -0.455 e. The van der Waals surface area contributed by atoms with Crippen molar-refractivity contribution in [2.24, 2.45) is 0 Å². The molecule has 1 aromatic carbocycles. The highest BCUT2D eigenvalue weighted by atomic mass is 32.2. The molecule has 1 aliphatic rings. The Morgan fingerprint density at radius 3 is 2.47 bits per heavy atom. The summed E-state index contributed by atoms with van der Waals surface area (Å²) in [4.78, 5) is 0.708. The predicted molar refractivity (Wildman–Crippen MR) is 69.2 cm³/mol. The molecular formula is C14H14O4S. The van der Waals surface area contributed by atoms with Crippen LogP contribution in [0.4, 0.5) is 0 Å². The van der Waals surface area contributed by atoms with Crippen LogP contribution in [0.15, 0.2) is 51.0 Å². The lowest BCUT2D eigenvalue weighted by Gasteiger charge is -2.08. The number of hydrogen-bond acceptors (Lipinski definition) is 4. The van der Waals surface area contributed by atoms with E-state index in [0.717, 1.165) is 5.56 Å². The predicted octanol–water partition coefficient (Wildman–Crippen LogP) is 2.80. The Morgan fingerprint density at radius 2 is 1.79 bits per heavy atom. The normalized spacial score (nSPS) is 17.7. The Hall–Kier alpha value is -1.43. The number of furan rings is 1. The molecule has 0 bridgehead atoms. The summed E-state index contributed by atoms with van der Waals surface area (Å²) in [7, 11) is -1.36. The van der Waals surface area contributed by atoms with Gasteiger partial charge in [-0.3, -0.25) is 0 Å². The Kier molecular flexibility index (Phi) is 3.50. The van der Waals surface area contributed by atoms with Crippen molar-refractivity contribution in [3.8, 4) is 0 Å². The fourth-order valence-electron chi connectivity index (χ4n) is 1.94. The molecule has 0 aliphatic carbocycles. The van der Waals surface area contributed by atoms with Gasteiger partial charge < -0.3 is 13.9 Å². The van der Waals surface area contributed by atoms with Gasteiger partial charge in [-0.05, 0) is 25.1 Å². The van der Waals surface area contributed by atoms with Crippen LogP contribution in [0.2, 0.25) is 0 Å². The van der Waals surface area contributed by atoms with Crippen molar-refractivity contribution in [1.82, 2.24) is 0 Å². The molecular weight excluding hydrogens is 264 g/mol.